The minimum atomic E-state index is -0.490. The standard InChI is InChI=1S/C16H24B2/c1-14(2,3)16(17,18)13-9-4-11-6-12-5-10(13)8-15(11,12)7-9/h9-13H,4-8H2,1-3H3. The molecule has 4 atom stereocenters. The van der Waals surface area contributed by atoms with Crippen molar-refractivity contribution in [3.8, 4) is 0 Å². The lowest BCUT2D eigenvalue weighted by molar-refractivity contribution is -0.00367. The van der Waals surface area contributed by atoms with Crippen LogP contribution in [0.15, 0.2) is 0 Å². The molecule has 0 saturated heterocycles. The summed E-state index contributed by atoms with van der Waals surface area (Å²) in [7, 11) is 13.3. The van der Waals surface area contributed by atoms with Crippen molar-refractivity contribution in [3.05, 3.63) is 0 Å². The first-order valence-electron chi connectivity index (χ1n) is 7.83. The van der Waals surface area contributed by atoms with E-state index in [1.165, 1.54) is 32.1 Å². The van der Waals surface area contributed by atoms with Crippen LogP contribution < -0.4 is 0 Å². The minimum Gasteiger partial charge on any atom is -0.0911 e. The van der Waals surface area contributed by atoms with Gasteiger partial charge in [0.2, 0.25) is 0 Å². The second kappa shape index (κ2) is 3.07. The van der Waals surface area contributed by atoms with Crippen molar-refractivity contribution in [1.29, 1.82) is 0 Å². The van der Waals surface area contributed by atoms with E-state index in [9.17, 15) is 0 Å². The third-order valence-corrected chi connectivity index (χ3v) is 7.52. The van der Waals surface area contributed by atoms with Gasteiger partial charge in [-0.15, -0.1) is 0 Å². The lowest BCUT2D eigenvalue weighted by Crippen LogP contribution is -2.45. The van der Waals surface area contributed by atoms with Crippen molar-refractivity contribution in [2.75, 3.05) is 0 Å². The van der Waals surface area contributed by atoms with Crippen LogP contribution in [0, 0.1) is 40.4 Å². The molecular weight excluding hydrogens is 214 g/mol. The van der Waals surface area contributed by atoms with Gasteiger partial charge < -0.3 is 0 Å². The maximum absolute atomic E-state index is 6.67. The maximum Gasteiger partial charge on any atom is 0.0631 e. The Morgan fingerprint density at radius 2 is 1.39 bits per heavy atom. The van der Waals surface area contributed by atoms with Gasteiger partial charge in [0.25, 0.3) is 0 Å². The predicted octanol–water partition coefficient (Wildman–Crippen LogP) is 3.56. The van der Waals surface area contributed by atoms with E-state index in [-0.39, 0.29) is 5.41 Å². The molecule has 94 valence electrons. The second-order valence-corrected chi connectivity index (χ2v) is 8.97. The number of hydrogen-bond donors (Lipinski definition) is 0. The fourth-order valence-electron chi connectivity index (χ4n) is 6.48. The van der Waals surface area contributed by atoms with Crippen molar-refractivity contribution in [3.63, 3.8) is 0 Å². The van der Waals surface area contributed by atoms with Crippen LogP contribution >= 0.6 is 0 Å². The Labute approximate surface area is 114 Å². The second-order valence-electron chi connectivity index (χ2n) is 8.97. The molecule has 0 N–H and O–H groups in total. The van der Waals surface area contributed by atoms with Crippen LogP contribution in [-0.4, -0.2) is 15.7 Å². The topological polar surface area (TPSA) is 0 Å². The fourth-order valence-corrected chi connectivity index (χ4v) is 6.48. The van der Waals surface area contributed by atoms with E-state index in [0.717, 1.165) is 29.1 Å². The lowest BCUT2D eigenvalue weighted by atomic mass is 9.35. The highest BCUT2D eigenvalue weighted by Crippen LogP contribution is 2.79. The summed E-state index contributed by atoms with van der Waals surface area (Å²) in [5, 5.41) is -0.490. The van der Waals surface area contributed by atoms with Gasteiger partial charge in [-0.2, -0.15) is 0 Å². The summed E-state index contributed by atoms with van der Waals surface area (Å²) < 4.78 is 0. The molecule has 3 bridgehead atoms. The quantitative estimate of drug-likeness (QED) is 0.612. The molecule has 4 aliphatic carbocycles. The Hall–Kier alpha value is 0.130. The molecule has 0 aromatic carbocycles. The highest BCUT2D eigenvalue weighted by atomic mass is 14.7. The SMILES string of the molecule is [B]C([B])(C1C2CC3CC4CC1CC34C2)C(C)(C)C. The molecule has 0 aliphatic heterocycles. The van der Waals surface area contributed by atoms with Crippen molar-refractivity contribution in [1.82, 2.24) is 0 Å². The molecule has 0 amide bonds. The summed E-state index contributed by atoms with van der Waals surface area (Å²) in [6.45, 7) is 6.67. The zero-order valence-corrected chi connectivity index (χ0v) is 12.1. The van der Waals surface area contributed by atoms with Crippen LogP contribution in [0.5, 0.6) is 0 Å². The van der Waals surface area contributed by atoms with Gasteiger partial charge in [0.15, 0.2) is 0 Å². The molecule has 0 aromatic heterocycles. The highest BCUT2D eigenvalue weighted by Gasteiger charge is 2.70. The first-order valence-corrected chi connectivity index (χ1v) is 7.83. The van der Waals surface area contributed by atoms with Crippen molar-refractivity contribution in [2.45, 2.75) is 58.1 Å². The zero-order chi connectivity index (χ0) is 12.9. The fraction of sp³-hybridized carbons (Fsp3) is 1.00. The molecule has 0 nitrogen and oxygen atoms in total. The molecule has 0 aromatic rings. The van der Waals surface area contributed by atoms with Crippen molar-refractivity contribution >= 4 is 15.7 Å². The molecule has 2 heteroatoms. The Morgan fingerprint density at radius 3 is 1.83 bits per heavy atom. The van der Waals surface area contributed by atoms with Gasteiger partial charge in [0, 0.05) is 0 Å². The molecule has 4 rings (SSSR count). The first kappa shape index (κ1) is 11.9. The molecule has 1 spiro atoms. The van der Waals surface area contributed by atoms with Crippen molar-refractivity contribution in [2.24, 2.45) is 40.4 Å². The highest BCUT2D eigenvalue weighted by molar-refractivity contribution is 6.40. The third kappa shape index (κ3) is 1.13. The lowest BCUT2D eigenvalue weighted by Gasteiger charge is -2.53. The van der Waals surface area contributed by atoms with E-state index in [4.69, 9.17) is 15.7 Å². The van der Waals surface area contributed by atoms with Gasteiger partial charge in [-0.25, -0.2) is 0 Å². The summed E-state index contributed by atoms with van der Waals surface area (Å²) in [6, 6.07) is 0. The average molecular weight is 238 g/mol. The predicted molar refractivity (Wildman–Crippen MR) is 76.6 cm³/mol. The zero-order valence-electron chi connectivity index (χ0n) is 12.1. The molecular formula is C16H24B2. The van der Waals surface area contributed by atoms with Crippen molar-refractivity contribution < 1.29 is 0 Å². The smallest absolute Gasteiger partial charge is 0.0631 e. The van der Waals surface area contributed by atoms with E-state index in [1.807, 2.05) is 0 Å². The van der Waals surface area contributed by atoms with Crippen LogP contribution in [0.2, 0.25) is 5.21 Å². The first-order chi connectivity index (χ1) is 8.26. The van der Waals surface area contributed by atoms with Crippen LogP contribution in [0.3, 0.4) is 0 Å². The van der Waals surface area contributed by atoms with Gasteiger partial charge in [-0.3, -0.25) is 0 Å². The van der Waals surface area contributed by atoms with Gasteiger partial charge in [0.1, 0.15) is 0 Å². The molecule has 4 fully saturated rings. The van der Waals surface area contributed by atoms with E-state index in [1.54, 1.807) is 0 Å². The maximum atomic E-state index is 6.67. The van der Waals surface area contributed by atoms with Gasteiger partial charge in [-0.1, -0.05) is 26.0 Å². The summed E-state index contributed by atoms with van der Waals surface area (Å²) in [5.74, 6) is 4.31. The molecule has 0 heterocycles. The Morgan fingerprint density at radius 1 is 0.889 bits per heavy atom. The van der Waals surface area contributed by atoms with Crippen LogP contribution in [0.25, 0.3) is 0 Å². The Balaban J connectivity index is 1.72. The van der Waals surface area contributed by atoms with E-state index in [0.29, 0.717) is 5.92 Å². The minimum absolute atomic E-state index is 0.00698. The van der Waals surface area contributed by atoms with Crippen LogP contribution in [-0.2, 0) is 0 Å². The van der Waals surface area contributed by atoms with E-state index >= 15 is 0 Å². The summed E-state index contributed by atoms with van der Waals surface area (Å²) in [6.07, 6.45) is 7.30. The van der Waals surface area contributed by atoms with Crippen LogP contribution in [0.1, 0.15) is 52.9 Å². The summed E-state index contributed by atoms with van der Waals surface area (Å²) in [4.78, 5) is 0. The molecule has 4 unspecified atom stereocenters. The number of hydrogen-bond acceptors (Lipinski definition) is 0. The molecule has 4 saturated carbocycles. The van der Waals surface area contributed by atoms with Gasteiger partial charge in [0.05, 0.1) is 15.7 Å². The number of rotatable bonds is 1. The molecule has 18 heavy (non-hydrogen) atoms. The normalized spacial score (nSPS) is 53.4. The number of fused-ring (bicyclic) bond motifs is 2. The summed E-state index contributed by atoms with van der Waals surface area (Å²) in [5.41, 5.74) is 0.785. The van der Waals surface area contributed by atoms with E-state index < -0.39 is 5.21 Å². The average Bonchev–Trinajstić information content (AvgIpc) is 2.56. The Bertz CT molecular complexity index is 368. The van der Waals surface area contributed by atoms with Gasteiger partial charge in [-0.05, 0) is 72.5 Å². The monoisotopic (exact) mass is 238 g/mol. The summed E-state index contributed by atoms with van der Waals surface area (Å²) >= 11 is 0. The van der Waals surface area contributed by atoms with Gasteiger partial charge >= 0.3 is 0 Å². The third-order valence-electron chi connectivity index (χ3n) is 7.52. The van der Waals surface area contributed by atoms with E-state index in [2.05, 4.69) is 20.8 Å². The van der Waals surface area contributed by atoms with Crippen LogP contribution in [0.4, 0.5) is 0 Å². The Kier molecular flexibility index (Phi) is 2.03. The largest absolute Gasteiger partial charge is 0.0911 e. The molecule has 4 radical (unpaired) electrons. The molecule has 4 aliphatic rings.